The second kappa shape index (κ2) is 6.94. The van der Waals surface area contributed by atoms with E-state index in [1.807, 2.05) is 0 Å². The molecule has 7 heteroatoms. The lowest BCUT2D eigenvalue weighted by Gasteiger charge is -2.53. The second-order valence-electron chi connectivity index (χ2n) is 8.30. The smallest absolute Gasteiger partial charge is 0.310 e. The largest absolute Gasteiger partial charge is 0.452 e. The molecule has 1 amide bonds. The lowest BCUT2D eigenvalue weighted by Crippen LogP contribution is -2.49. The number of nitrogens with one attached hydrogen (secondary N) is 1. The Bertz CT molecular complexity index is 749. The monoisotopic (exact) mass is 372 g/mol. The van der Waals surface area contributed by atoms with Crippen molar-refractivity contribution in [3.05, 3.63) is 34.4 Å². The highest BCUT2D eigenvalue weighted by Crippen LogP contribution is 2.56. The van der Waals surface area contributed by atoms with Crippen molar-refractivity contribution in [3.8, 4) is 0 Å². The van der Waals surface area contributed by atoms with Crippen molar-refractivity contribution >= 4 is 23.3 Å². The van der Waals surface area contributed by atoms with Crippen LogP contribution in [-0.4, -0.2) is 22.9 Å². The van der Waals surface area contributed by atoms with E-state index >= 15 is 0 Å². The van der Waals surface area contributed by atoms with Crippen LogP contribution < -0.4 is 5.32 Å². The molecule has 1 atom stereocenters. The fourth-order valence-corrected chi connectivity index (χ4v) is 5.59. The molecule has 0 aliphatic heterocycles. The molecule has 4 fully saturated rings. The topological polar surface area (TPSA) is 98.5 Å². The Morgan fingerprint density at radius 2 is 1.70 bits per heavy atom. The molecule has 7 nitrogen and oxygen atoms in total. The van der Waals surface area contributed by atoms with Gasteiger partial charge in [-0.25, -0.2) is 0 Å². The summed E-state index contributed by atoms with van der Waals surface area (Å²) in [7, 11) is 0. The van der Waals surface area contributed by atoms with E-state index in [9.17, 15) is 19.7 Å². The van der Waals surface area contributed by atoms with Crippen LogP contribution in [0.5, 0.6) is 0 Å². The number of nitrogens with zero attached hydrogens (tertiary/aromatic N) is 1. The predicted octanol–water partition coefficient (Wildman–Crippen LogP) is 3.54. The molecule has 4 saturated carbocycles. The quantitative estimate of drug-likeness (QED) is 0.484. The highest BCUT2D eigenvalue weighted by molar-refractivity contribution is 5.97. The van der Waals surface area contributed by atoms with E-state index < -0.39 is 16.9 Å². The number of amides is 1. The van der Waals surface area contributed by atoms with Crippen LogP contribution in [0.15, 0.2) is 24.3 Å². The molecule has 0 aromatic heterocycles. The molecule has 0 heterocycles. The minimum absolute atomic E-state index is 0.0980. The number of para-hydroxylation sites is 2. The van der Waals surface area contributed by atoms with Crippen LogP contribution in [-0.2, 0) is 14.3 Å². The van der Waals surface area contributed by atoms with Gasteiger partial charge in [0.25, 0.3) is 11.6 Å². The number of hydrogen-bond acceptors (Lipinski definition) is 5. The Balaban J connectivity index is 1.39. The molecule has 4 bridgehead atoms. The molecule has 4 aliphatic rings. The zero-order chi connectivity index (χ0) is 19.1. The lowest BCUT2D eigenvalue weighted by molar-refractivity contribution is -0.383. The number of ether oxygens (including phenoxy) is 1. The molecule has 0 radical (unpaired) electrons. The van der Waals surface area contributed by atoms with Crippen molar-refractivity contribution in [2.45, 2.75) is 45.1 Å². The summed E-state index contributed by atoms with van der Waals surface area (Å²) in [5.41, 5.74) is -0.0876. The van der Waals surface area contributed by atoms with E-state index in [-0.39, 0.29) is 23.3 Å². The number of esters is 1. The minimum Gasteiger partial charge on any atom is -0.452 e. The third-order valence-corrected chi connectivity index (χ3v) is 6.52. The maximum atomic E-state index is 12.8. The highest BCUT2D eigenvalue weighted by atomic mass is 16.6. The zero-order valence-corrected chi connectivity index (χ0v) is 15.3. The maximum Gasteiger partial charge on any atom is 0.310 e. The van der Waals surface area contributed by atoms with Crippen LogP contribution in [0, 0.1) is 39.7 Å². The Morgan fingerprint density at radius 1 is 1.11 bits per heavy atom. The van der Waals surface area contributed by atoms with Crippen LogP contribution in [0.2, 0.25) is 0 Å². The molecular weight excluding hydrogens is 348 g/mol. The highest BCUT2D eigenvalue weighted by Gasteiger charge is 2.51. The van der Waals surface area contributed by atoms with Gasteiger partial charge in [-0.3, -0.25) is 19.7 Å². The van der Waals surface area contributed by atoms with E-state index in [2.05, 4.69) is 5.32 Å². The molecule has 1 aromatic rings. The number of nitro benzene ring substituents is 1. The van der Waals surface area contributed by atoms with E-state index in [0.29, 0.717) is 11.8 Å². The molecular formula is C20H24N2O5. The summed E-state index contributed by atoms with van der Waals surface area (Å²) in [4.78, 5) is 35.7. The number of hydrogen-bond donors (Lipinski definition) is 1. The van der Waals surface area contributed by atoms with Crippen molar-refractivity contribution in [2.75, 3.05) is 5.32 Å². The average Bonchev–Trinajstić information content (AvgIpc) is 2.61. The Hall–Kier alpha value is -2.44. The number of carbonyl (C=O) groups is 2. The minimum atomic E-state index is -0.991. The molecule has 4 aliphatic carbocycles. The zero-order valence-electron chi connectivity index (χ0n) is 15.3. The first-order valence-electron chi connectivity index (χ1n) is 9.67. The number of carbonyl (C=O) groups excluding carboxylic acids is 2. The number of anilines is 1. The van der Waals surface area contributed by atoms with Gasteiger partial charge in [0.1, 0.15) is 5.69 Å². The van der Waals surface area contributed by atoms with E-state index in [4.69, 9.17) is 4.74 Å². The second-order valence-corrected chi connectivity index (χ2v) is 8.30. The van der Waals surface area contributed by atoms with Gasteiger partial charge in [-0.05, 0) is 68.8 Å². The third kappa shape index (κ3) is 3.42. The lowest BCUT2D eigenvalue weighted by atomic mass is 9.52. The fraction of sp³-hybridized carbons (Fsp3) is 0.600. The summed E-state index contributed by atoms with van der Waals surface area (Å²) >= 11 is 0. The molecule has 0 saturated heterocycles. The first-order valence-corrected chi connectivity index (χ1v) is 9.67. The molecule has 1 N–H and O–H groups in total. The molecule has 144 valence electrons. The summed E-state index contributed by atoms with van der Waals surface area (Å²) in [5.74, 6) is 1.36. The molecule has 27 heavy (non-hydrogen) atoms. The van der Waals surface area contributed by atoms with Gasteiger partial charge in [-0.2, -0.15) is 0 Å². The summed E-state index contributed by atoms with van der Waals surface area (Å²) in [5, 5.41) is 13.6. The molecule has 1 aromatic carbocycles. The first-order chi connectivity index (χ1) is 12.9. The van der Waals surface area contributed by atoms with Crippen LogP contribution >= 0.6 is 0 Å². The van der Waals surface area contributed by atoms with Crippen molar-refractivity contribution < 1.29 is 19.2 Å². The maximum absolute atomic E-state index is 12.8. The van der Waals surface area contributed by atoms with Gasteiger partial charge in [-0.1, -0.05) is 12.1 Å². The van der Waals surface area contributed by atoms with Crippen LogP contribution in [0.4, 0.5) is 11.4 Å². The Kier molecular flexibility index (Phi) is 4.61. The van der Waals surface area contributed by atoms with Crippen LogP contribution in [0.25, 0.3) is 0 Å². The molecule has 0 unspecified atom stereocenters. The van der Waals surface area contributed by atoms with Crippen molar-refractivity contribution in [1.29, 1.82) is 0 Å². The van der Waals surface area contributed by atoms with Gasteiger partial charge in [0.15, 0.2) is 6.10 Å². The number of benzene rings is 1. The summed E-state index contributed by atoms with van der Waals surface area (Å²) < 4.78 is 5.49. The SMILES string of the molecule is C[C@@H](OC(=O)C1C2CC3CC(C2)CC1C3)C(=O)Nc1ccccc1[N+](=O)[O-]. The normalized spacial score (nSPS) is 32.0. The average molecular weight is 372 g/mol. The van der Waals surface area contributed by atoms with Gasteiger partial charge in [0, 0.05) is 6.07 Å². The Morgan fingerprint density at radius 3 is 2.30 bits per heavy atom. The van der Waals surface area contributed by atoms with Gasteiger partial charge < -0.3 is 10.1 Å². The van der Waals surface area contributed by atoms with Crippen molar-refractivity contribution in [1.82, 2.24) is 0 Å². The third-order valence-electron chi connectivity index (χ3n) is 6.52. The van der Waals surface area contributed by atoms with Gasteiger partial charge in [-0.15, -0.1) is 0 Å². The molecule has 5 rings (SSSR count). The number of nitro groups is 1. The molecule has 0 spiro atoms. The van der Waals surface area contributed by atoms with Crippen molar-refractivity contribution in [2.24, 2.45) is 29.6 Å². The fourth-order valence-electron chi connectivity index (χ4n) is 5.59. The van der Waals surface area contributed by atoms with Crippen molar-refractivity contribution in [3.63, 3.8) is 0 Å². The van der Waals surface area contributed by atoms with E-state index in [1.54, 1.807) is 6.07 Å². The first kappa shape index (κ1) is 17.9. The van der Waals surface area contributed by atoms with E-state index in [0.717, 1.165) is 37.5 Å². The summed E-state index contributed by atoms with van der Waals surface area (Å²) in [6.07, 6.45) is 4.72. The Labute approximate surface area is 157 Å². The summed E-state index contributed by atoms with van der Waals surface area (Å²) in [6, 6.07) is 5.92. The van der Waals surface area contributed by atoms with E-state index in [1.165, 1.54) is 31.5 Å². The van der Waals surface area contributed by atoms with Crippen LogP contribution in [0.3, 0.4) is 0 Å². The predicted molar refractivity (Wildman–Crippen MR) is 97.8 cm³/mol. The summed E-state index contributed by atoms with van der Waals surface area (Å²) in [6.45, 7) is 1.51. The number of rotatable bonds is 5. The van der Waals surface area contributed by atoms with Gasteiger partial charge in [0.05, 0.1) is 10.8 Å². The van der Waals surface area contributed by atoms with Crippen LogP contribution in [0.1, 0.15) is 39.0 Å². The van der Waals surface area contributed by atoms with Gasteiger partial charge >= 0.3 is 5.97 Å². The van der Waals surface area contributed by atoms with Gasteiger partial charge in [0.2, 0.25) is 0 Å². The standard InChI is InChI=1S/C20H24N2O5/c1-11(19(23)21-16-4-2-3-5-17(16)22(25)26)27-20(24)18-14-7-12-6-13(9-14)10-15(18)8-12/h2-5,11-15,18H,6-10H2,1H3,(H,21,23)/t11-,12?,13?,14?,15?,18?/m1/s1.